The number of hydrogen-bond acceptors (Lipinski definition) is 3. The Balaban J connectivity index is 2.56. The first-order valence-electron chi connectivity index (χ1n) is 9.20. The molecule has 0 saturated heterocycles. The number of ketones is 1. The molecule has 0 heterocycles. The van der Waals surface area contributed by atoms with Gasteiger partial charge in [-0.3, -0.25) is 9.59 Å². The smallest absolute Gasteiger partial charge is 0.341 e. The van der Waals surface area contributed by atoms with Crippen LogP contribution in [0.15, 0.2) is 42.5 Å². The summed E-state index contributed by atoms with van der Waals surface area (Å²) in [5.41, 5.74) is -5.91. The quantitative estimate of drug-likeness (QED) is 0.479. The zero-order chi connectivity index (χ0) is 24.5. The van der Waals surface area contributed by atoms with E-state index in [1.165, 1.54) is 45.0 Å². The lowest BCUT2D eigenvalue weighted by molar-refractivity contribution is -0.143. The SMILES string of the molecule is CC(C)(C)C(NC(=O)c1c(C(F)(F)F)cccc1C(F)(F)F)C(=O)c1ccc(C#N)cc1. The summed E-state index contributed by atoms with van der Waals surface area (Å²) >= 11 is 0. The summed E-state index contributed by atoms with van der Waals surface area (Å²) in [7, 11) is 0. The molecule has 0 aliphatic carbocycles. The van der Waals surface area contributed by atoms with Crippen LogP contribution in [0.4, 0.5) is 26.3 Å². The topological polar surface area (TPSA) is 70.0 Å². The Bertz CT molecular complexity index is 1030. The molecule has 1 amide bonds. The fraction of sp³-hybridized carbons (Fsp3) is 0.318. The molecular formula is C22H18F6N2O2. The lowest BCUT2D eigenvalue weighted by Gasteiger charge is -2.31. The van der Waals surface area contributed by atoms with Gasteiger partial charge in [0.15, 0.2) is 5.78 Å². The standard InChI is InChI=1S/C22H18F6N2O2/c1-20(2,3)18(17(31)13-9-7-12(11-29)8-10-13)30-19(32)16-14(21(23,24)25)5-4-6-15(16)22(26,27)28/h4-10,18H,1-3H3,(H,30,32). The molecule has 0 aliphatic heterocycles. The molecule has 10 heteroatoms. The fourth-order valence-corrected chi connectivity index (χ4v) is 3.02. The van der Waals surface area contributed by atoms with E-state index in [9.17, 15) is 35.9 Å². The lowest BCUT2D eigenvalue weighted by atomic mass is 9.81. The molecular weight excluding hydrogens is 438 g/mol. The molecule has 170 valence electrons. The number of Topliss-reactive ketones (excluding diaryl/α,β-unsaturated/α-hetero) is 1. The molecule has 2 aromatic rings. The van der Waals surface area contributed by atoms with Crippen molar-refractivity contribution in [3.05, 3.63) is 70.3 Å². The number of halogens is 6. The molecule has 0 radical (unpaired) electrons. The average Bonchev–Trinajstić information content (AvgIpc) is 2.68. The van der Waals surface area contributed by atoms with Gasteiger partial charge in [0.1, 0.15) is 0 Å². The van der Waals surface area contributed by atoms with Crippen LogP contribution in [0, 0.1) is 16.7 Å². The number of rotatable bonds is 4. The minimum absolute atomic E-state index is 0.0318. The van der Waals surface area contributed by atoms with Crippen molar-refractivity contribution >= 4 is 11.7 Å². The summed E-state index contributed by atoms with van der Waals surface area (Å²) in [6, 6.07) is 6.94. The van der Waals surface area contributed by atoms with Gasteiger partial charge in [-0.25, -0.2) is 0 Å². The predicted molar refractivity (Wildman–Crippen MR) is 103 cm³/mol. The van der Waals surface area contributed by atoms with E-state index >= 15 is 0 Å². The predicted octanol–water partition coefficient (Wildman–Crippen LogP) is 5.62. The number of hydrogen-bond donors (Lipinski definition) is 1. The van der Waals surface area contributed by atoms with Gasteiger partial charge in [0.25, 0.3) is 5.91 Å². The van der Waals surface area contributed by atoms with Gasteiger partial charge in [-0.05, 0) is 29.7 Å². The van der Waals surface area contributed by atoms with E-state index in [0.29, 0.717) is 18.2 Å². The maximum Gasteiger partial charge on any atom is 0.417 e. The molecule has 0 aromatic heterocycles. The van der Waals surface area contributed by atoms with Gasteiger partial charge < -0.3 is 5.32 Å². The number of nitriles is 1. The van der Waals surface area contributed by atoms with Crippen molar-refractivity contribution in [2.75, 3.05) is 0 Å². The van der Waals surface area contributed by atoms with E-state index in [1.54, 1.807) is 0 Å². The highest BCUT2D eigenvalue weighted by Crippen LogP contribution is 2.39. The minimum Gasteiger partial charge on any atom is -0.341 e. The largest absolute Gasteiger partial charge is 0.417 e. The van der Waals surface area contributed by atoms with Crippen molar-refractivity contribution in [1.29, 1.82) is 5.26 Å². The Morgan fingerprint density at radius 2 is 1.34 bits per heavy atom. The van der Waals surface area contributed by atoms with Gasteiger partial charge >= 0.3 is 12.4 Å². The summed E-state index contributed by atoms with van der Waals surface area (Å²) in [6.45, 7) is 4.50. The summed E-state index contributed by atoms with van der Waals surface area (Å²) in [6.07, 6.45) is -10.5. The zero-order valence-corrected chi connectivity index (χ0v) is 17.2. The number of benzene rings is 2. The highest BCUT2D eigenvalue weighted by atomic mass is 19.4. The maximum atomic E-state index is 13.4. The van der Waals surface area contributed by atoms with Crippen molar-refractivity contribution in [3.63, 3.8) is 0 Å². The molecule has 0 bridgehead atoms. The van der Waals surface area contributed by atoms with E-state index < -0.39 is 52.2 Å². The van der Waals surface area contributed by atoms with Crippen LogP contribution in [0.25, 0.3) is 0 Å². The molecule has 1 N–H and O–H groups in total. The number of alkyl halides is 6. The van der Waals surface area contributed by atoms with E-state index in [-0.39, 0.29) is 11.1 Å². The molecule has 0 fully saturated rings. The van der Waals surface area contributed by atoms with Crippen LogP contribution in [0.1, 0.15) is 58.2 Å². The Hall–Kier alpha value is -3.35. The van der Waals surface area contributed by atoms with Crippen LogP contribution in [0.2, 0.25) is 0 Å². The second kappa shape index (κ2) is 8.65. The summed E-state index contributed by atoms with van der Waals surface area (Å²) in [5, 5.41) is 10.9. The maximum absolute atomic E-state index is 13.4. The second-order valence-corrected chi connectivity index (χ2v) is 8.05. The van der Waals surface area contributed by atoms with Crippen molar-refractivity contribution < 1.29 is 35.9 Å². The molecule has 0 aliphatic rings. The van der Waals surface area contributed by atoms with Crippen molar-refractivity contribution in [1.82, 2.24) is 5.32 Å². The van der Waals surface area contributed by atoms with E-state index in [2.05, 4.69) is 5.32 Å². The fourth-order valence-electron chi connectivity index (χ4n) is 3.02. The van der Waals surface area contributed by atoms with Crippen molar-refractivity contribution in [2.24, 2.45) is 5.41 Å². The van der Waals surface area contributed by atoms with Crippen LogP contribution < -0.4 is 5.32 Å². The third-order valence-electron chi connectivity index (χ3n) is 4.60. The first-order valence-corrected chi connectivity index (χ1v) is 9.20. The Kier molecular flexibility index (Phi) is 6.73. The first kappa shape index (κ1) is 24.9. The van der Waals surface area contributed by atoms with Crippen molar-refractivity contribution in [2.45, 2.75) is 39.2 Å². The van der Waals surface area contributed by atoms with E-state index in [0.717, 1.165) is 0 Å². The number of carbonyl (C=O) groups is 2. The molecule has 32 heavy (non-hydrogen) atoms. The third kappa shape index (κ3) is 5.46. The second-order valence-electron chi connectivity index (χ2n) is 8.05. The molecule has 2 aromatic carbocycles. The highest BCUT2D eigenvalue weighted by molar-refractivity contribution is 6.05. The highest BCUT2D eigenvalue weighted by Gasteiger charge is 2.44. The van der Waals surface area contributed by atoms with Crippen LogP contribution in [0.5, 0.6) is 0 Å². The van der Waals surface area contributed by atoms with Gasteiger partial charge in [-0.2, -0.15) is 31.6 Å². The van der Waals surface area contributed by atoms with Gasteiger partial charge in [0, 0.05) is 5.56 Å². The van der Waals surface area contributed by atoms with Gasteiger partial charge in [0.2, 0.25) is 0 Å². The number of nitrogens with zero attached hydrogens (tertiary/aromatic N) is 1. The molecule has 4 nitrogen and oxygen atoms in total. The van der Waals surface area contributed by atoms with Gasteiger partial charge in [-0.15, -0.1) is 0 Å². The van der Waals surface area contributed by atoms with Gasteiger partial charge in [0.05, 0.1) is 34.4 Å². The molecule has 1 atom stereocenters. The summed E-state index contributed by atoms with van der Waals surface area (Å²) in [5.74, 6) is -2.40. The van der Waals surface area contributed by atoms with Crippen LogP contribution >= 0.6 is 0 Å². The third-order valence-corrected chi connectivity index (χ3v) is 4.60. The van der Waals surface area contributed by atoms with Gasteiger partial charge in [-0.1, -0.05) is 39.0 Å². The monoisotopic (exact) mass is 456 g/mol. The average molecular weight is 456 g/mol. The molecule has 0 spiro atoms. The molecule has 2 rings (SSSR count). The number of amides is 1. The Morgan fingerprint density at radius 3 is 1.72 bits per heavy atom. The van der Waals surface area contributed by atoms with Crippen LogP contribution in [-0.2, 0) is 12.4 Å². The first-order chi connectivity index (χ1) is 14.6. The normalized spacial score (nSPS) is 13.2. The lowest BCUT2D eigenvalue weighted by Crippen LogP contribution is -2.49. The number of nitrogens with one attached hydrogen (secondary N) is 1. The Morgan fingerprint density at radius 1 is 0.875 bits per heavy atom. The number of carbonyl (C=O) groups excluding carboxylic acids is 2. The zero-order valence-electron chi connectivity index (χ0n) is 17.2. The molecule has 0 saturated carbocycles. The molecule has 1 unspecified atom stereocenters. The van der Waals surface area contributed by atoms with E-state index in [1.807, 2.05) is 6.07 Å². The summed E-state index contributed by atoms with van der Waals surface area (Å²) in [4.78, 5) is 25.7. The minimum atomic E-state index is -5.23. The Labute approximate surface area is 179 Å². The van der Waals surface area contributed by atoms with Crippen LogP contribution in [0.3, 0.4) is 0 Å². The van der Waals surface area contributed by atoms with Crippen molar-refractivity contribution in [3.8, 4) is 6.07 Å². The van der Waals surface area contributed by atoms with E-state index in [4.69, 9.17) is 5.26 Å². The summed E-state index contributed by atoms with van der Waals surface area (Å²) < 4.78 is 80.4. The van der Waals surface area contributed by atoms with Crippen LogP contribution in [-0.4, -0.2) is 17.7 Å².